The van der Waals surface area contributed by atoms with Gasteiger partial charge in [0, 0.05) is 18.2 Å². The van der Waals surface area contributed by atoms with E-state index < -0.39 is 27.7 Å². The minimum absolute atomic E-state index is 0.0916. The van der Waals surface area contributed by atoms with Gasteiger partial charge in [-0.1, -0.05) is 20.8 Å². The SMILES string of the molecule is CC(C)(C)c1nc2cc(S(=O)(=O)N=CC(=CN)C(=O)O)ccc2n1CC1CCC(F)CC1. The van der Waals surface area contributed by atoms with Crippen LogP contribution in [0.15, 0.2) is 39.3 Å². The minimum Gasteiger partial charge on any atom is -0.478 e. The Labute approximate surface area is 187 Å². The number of nitrogens with two attached hydrogens (primary N) is 1. The molecule has 3 N–H and O–H groups in total. The highest BCUT2D eigenvalue weighted by Gasteiger charge is 2.27. The van der Waals surface area contributed by atoms with Gasteiger partial charge in [-0.15, -0.1) is 0 Å². The van der Waals surface area contributed by atoms with Gasteiger partial charge in [0.1, 0.15) is 12.0 Å². The molecule has 0 saturated heterocycles. The Morgan fingerprint density at radius 3 is 2.53 bits per heavy atom. The number of imidazole rings is 1. The van der Waals surface area contributed by atoms with E-state index in [1.165, 1.54) is 12.1 Å². The fraction of sp³-hybridized carbons (Fsp3) is 0.500. The predicted octanol–water partition coefficient (Wildman–Crippen LogP) is 3.55. The summed E-state index contributed by atoms with van der Waals surface area (Å²) >= 11 is 0. The first-order chi connectivity index (χ1) is 14.9. The van der Waals surface area contributed by atoms with Crippen molar-refractivity contribution < 1.29 is 22.7 Å². The number of aromatic nitrogens is 2. The number of carbonyl (C=O) groups is 1. The zero-order valence-electron chi connectivity index (χ0n) is 18.5. The zero-order valence-corrected chi connectivity index (χ0v) is 19.3. The lowest BCUT2D eigenvalue weighted by molar-refractivity contribution is -0.132. The van der Waals surface area contributed by atoms with E-state index in [-0.39, 0.29) is 10.3 Å². The summed E-state index contributed by atoms with van der Waals surface area (Å²) in [6.45, 7) is 6.82. The van der Waals surface area contributed by atoms with Crippen molar-refractivity contribution in [2.75, 3.05) is 0 Å². The van der Waals surface area contributed by atoms with E-state index in [1.54, 1.807) is 6.07 Å². The predicted molar refractivity (Wildman–Crippen MR) is 121 cm³/mol. The molecular formula is C22H29FN4O4S. The third kappa shape index (κ3) is 5.17. The summed E-state index contributed by atoms with van der Waals surface area (Å²) in [5.41, 5.74) is 5.79. The zero-order chi connectivity index (χ0) is 23.7. The fourth-order valence-corrected chi connectivity index (χ4v) is 4.82. The molecule has 1 aromatic heterocycles. The average molecular weight is 465 g/mol. The van der Waals surface area contributed by atoms with Crippen LogP contribution in [0.25, 0.3) is 11.0 Å². The van der Waals surface area contributed by atoms with Crippen molar-refractivity contribution in [2.45, 2.75) is 69.5 Å². The van der Waals surface area contributed by atoms with Crippen LogP contribution in [0.1, 0.15) is 52.3 Å². The molecule has 10 heteroatoms. The number of sulfonamides is 1. The summed E-state index contributed by atoms with van der Waals surface area (Å²) in [7, 11) is -4.14. The van der Waals surface area contributed by atoms with E-state index in [1.807, 2.05) is 20.8 Å². The topological polar surface area (TPSA) is 128 Å². The summed E-state index contributed by atoms with van der Waals surface area (Å²) in [5.74, 6) is -0.213. The molecule has 1 aliphatic carbocycles. The van der Waals surface area contributed by atoms with E-state index in [9.17, 15) is 17.6 Å². The number of hydrogen-bond donors (Lipinski definition) is 2. The van der Waals surface area contributed by atoms with Gasteiger partial charge in [-0.25, -0.2) is 14.2 Å². The Balaban J connectivity index is 2.00. The summed E-state index contributed by atoms with van der Waals surface area (Å²) in [5, 5.41) is 8.97. The molecule has 1 saturated carbocycles. The smallest absolute Gasteiger partial charge is 0.338 e. The summed E-state index contributed by atoms with van der Waals surface area (Å²) in [6.07, 6.45) is 3.52. The van der Waals surface area contributed by atoms with Gasteiger partial charge in [0.25, 0.3) is 10.0 Å². The highest BCUT2D eigenvalue weighted by Crippen LogP contribution is 2.33. The molecule has 1 fully saturated rings. The standard InChI is InChI=1S/C22H29FN4O4S/c1-22(2,3)21-26-18-10-17(32(30,31)25-12-15(11-24)20(28)29)8-9-19(18)27(21)13-14-4-6-16(23)7-5-14/h8-12,14,16H,4-7,13,24H2,1-3H3,(H,28,29). The molecule has 1 aliphatic rings. The molecule has 0 atom stereocenters. The number of aliphatic carboxylic acids is 1. The van der Waals surface area contributed by atoms with E-state index in [4.69, 9.17) is 15.8 Å². The number of hydrogen-bond acceptors (Lipinski definition) is 5. The number of benzene rings is 1. The van der Waals surface area contributed by atoms with Gasteiger partial charge in [0.15, 0.2) is 0 Å². The number of carboxylic acids is 1. The first-order valence-electron chi connectivity index (χ1n) is 10.5. The Hall–Kier alpha value is -2.75. The van der Waals surface area contributed by atoms with E-state index >= 15 is 0 Å². The highest BCUT2D eigenvalue weighted by molar-refractivity contribution is 7.90. The molecule has 0 aliphatic heterocycles. The lowest BCUT2D eigenvalue weighted by Crippen LogP contribution is -2.24. The molecule has 174 valence electrons. The van der Waals surface area contributed by atoms with Crippen LogP contribution in [-0.2, 0) is 26.8 Å². The number of alkyl halides is 1. The second-order valence-corrected chi connectivity index (χ2v) is 10.8. The third-order valence-electron chi connectivity index (χ3n) is 5.66. The van der Waals surface area contributed by atoms with Crippen LogP contribution in [0.4, 0.5) is 4.39 Å². The quantitative estimate of drug-likeness (QED) is 0.497. The van der Waals surface area contributed by atoms with Gasteiger partial charge < -0.3 is 15.4 Å². The van der Waals surface area contributed by atoms with Crippen LogP contribution in [0.2, 0.25) is 0 Å². The van der Waals surface area contributed by atoms with Gasteiger partial charge in [-0.2, -0.15) is 12.8 Å². The molecule has 8 nitrogen and oxygen atoms in total. The van der Waals surface area contributed by atoms with Crippen molar-refractivity contribution in [1.82, 2.24) is 9.55 Å². The largest absolute Gasteiger partial charge is 0.478 e. The first-order valence-corrected chi connectivity index (χ1v) is 12.0. The molecule has 1 aromatic carbocycles. The monoisotopic (exact) mass is 464 g/mol. The lowest BCUT2D eigenvalue weighted by Gasteiger charge is -2.27. The summed E-state index contributed by atoms with van der Waals surface area (Å²) in [4.78, 5) is 15.6. The van der Waals surface area contributed by atoms with Crippen LogP contribution in [0.3, 0.4) is 0 Å². The van der Waals surface area contributed by atoms with Crippen molar-refractivity contribution in [2.24, 2.45) is 16.0 Å². The minimum atomic E-state index is -4.14. The maximum absolute atomic E-state index is 13.6. The number of fused-ring (bicyclic) bond motifs is 1. The van der Waals surface area contributed by atoms with E-state index in [0.29, 0.717) is 37.0 Å². The van der Waals surface area contributed by atoms with Gasteiger partial charge in [0.2, 0.25) is 0 Å². The molecule has 0 bridgehead atoms. The maximum Gasteiger partial charge on any atom is 0.338 e. The van der Waals surface area contributed by atoms with Gasteiger partial charge in [-0.3, -0.25) is 0 Å². The number of nitrogens with zero attached hydrogens (tertiary/aromatic N) is 3. The van der Waals surface area contributed by atoms with Crippen molar-refractivity contribution in [1.29, 1.82) is 0 Å². The van der Waals surface area contributed by atoms with Crippen LogP contribution in [0, 0.1) is 5.92 Å². The van der Waals surface area contributed by atoms with Gasteiger partial charge in [-0.05, 0) is 49.8 Å². The van der Waals surface area contributed by atoms with Gasteiger partial charge >= 0.3 is 5.97 Å². The van der Waals surface area contributed by atoms with E-state index in [2.05, 4.69) is 8.96 Å². The third-order valence-corrected chi connectivity index (χ3v) is 6.90. The average Bonchev–Trinajstić information content (AvgIpc) is 3.08. The Morgan fingerprint density at radius 2 is 1.97 bits per heavy atom. The van der Waals surface area contributed by atoms with Crippen LogP contribution >= 0.6 is 0 Å². The molecule has 1 heterocycles. The molecule has 3 rings (SSSR count). The number of rotatable bonds is 6. The van der Waals surface area contributed by atoms with Gasteiger partial charge in [0.05, 0.1) is 27.7 Å². The molecule has 2 aromatic rings. The Morgan fingerprint density at radius 1 is 1.31 bits per heavy atom. The van der Waals surface area contributed by atoms with Crippen LogP contribution < -0.4 is 5.73 Å². The Kier molecular flexibility index (Phi) is 6.73. The van der Waals surface area contributed by atoms with Crippen LogP contribution in [-0.4, -0.2) is 41.4 Å². The molecule has 0 unspecified atom stereocenters. The number of carboxylic acid groups (broad SMARTS) is 1. The molecule has 0 radical (unpaired) electrons. The lowest BCUT2D eigenvalue weighted by atomic mass is 9.87. The molecule has 0 amide bonds. The second kappa shape index (κ2) is 9.01. The highest BCUT2D eigenvalue weighted by atomic mass is 32.2. The van der Waals surface area contributed by atoms with Crippen LogP contribution in [0.5, 0.6) is 0 Å². The molecule has 32 heavy (non-hydrogen) atoms. The molecular weight excluding hydrogens is 435 g/mol. The van der Waals surface area contributed by atoms with Crippen molar-refractivity contribution in [3.63, 3.8) is 0 Å². The van der Waals surface area contributed by atoms with E-state index in [0.717, 1.165) is 30.4 Å². The molecule has 0 spiro atoms. The summed E-state index contributed by atoms with van der Waals surface area (Å²) < 4.78 is 44.4. The Bertz CT molecular complexity index is 1170. The van der Waals surface area contributed by atoms with Crippen molar-refractivity contribution in [3.05, 3.63) is 35.8 Å². The van der Waals surface area contributed by atoms with Crippen molar-refractivity contribution in [3.8, 4) is 0 Å². The second-order valence-electron chi connectivity index (χ2n) is 9.20. The fourth-order valence-electron chi connectivity index (χ4n) is 3.95. The first kappa shape index (κ1) is 23.9. The summed E-state index contributed by atoms with van der Waals surface area (Å²) in [6, 6.07) is 4.57. The normalized spacial score (nSPS) is 20.8. The number of halogens is 1. The van der Waals surface area contributed by atoms with Crippen molar-refractivity contribution >= 4 is 33.2 Å². The maximum atomic E-state index is 13.6.